The van der Waals surface area contributed by atoms with Gasteiger partial charge >= 0.3 is 0 Å². The SMILES string of the molecule is c1ccc(-c2ccc(N(c3ccc4c(ccc5ccccc54)c3)c3ccc4ccc5c6ccccc6ccc5c4c3)cc2)cc1. The molecule has 0 bridgehead atoms. The fourth-order valence-corrected chi connectivity index (χ4v) is 6.97. The van der Waals surface area contributed by atoms with Gasteiger partial charge in [-0.25, -0.2) is 0 Å². The van der Waals surface area contributed by atoms with E-state index in [4.69, 9.17) is 0 Å². The van der Waals surface area contributed by atoms with Gasteiger partial charge in [-0.3, -0.25) is 0 Å². The number of anilines is 3. The van der Waals surface area contributed by atoms with Gasteiger partial charge < -0.3 is 4.90 Å². The van der Waals surface area contributed by atoms with Gasteiger partial charge in [0.2, 0.25) is 0 Å². The second-order valence-corrected chi connectivity index (χ2v) is 11.8. The molecule has 0 saturated heterocycles. The lowest BCUT2D eigenvalue weighted by Crippen LogP contribution is -2.10. The monoisotopic (exact) mass is 571 g/mol. The summed E-state index contributed by atoms with van der Waals surface area (Å²) in [5, 5.41) is 12.7. The first kappa shape index (κ1) is 25.6. The van der Waals surface area contributed by atoms with Crippen LogP contribution < -0.4 is 4.90 Å². The van der Waals surface area contributed by atoms with Crippen LogP contribution in [0.5, 0.6) is 0 Å². The molecule has 0 heterocycles. The number of fused-ring (bicyclic) bond motifs is 8. The molecular formula is C44H29N. The molecule has 0 aliphatic carbocycles. The molecule has 0 fully saturated rings. The Balaban J connectivity index is 1.25. The Morgan fingerprint density at radius 1 is 0.244 bits per heavy atom. The zero-order valence-electron chi connectivity index (χ0n) is 24.7. The molecule has 210 valence electrons. The molecule has 0 unspecified atom stereocenters. The molecule has 1 nitrogen and oxygen atoms in total. The van der Waals surface area contributed by atoms with E-state index in [-0.39, 0.29) is 0 Å². The first-order valence-electron chi connectivity index (χ1n) is 15.5. The molecular weight excluding hydrogens is 542 g/mol. The fraction of sp³-hybridized carbons (Fsp3) is 0. The van der Waals surface area contributed by atoms with Crippen LogP contribution in [0, 0.1) is 0 Å². The molecule has 0 spiro atoms. The van der Waals surface area contributed by atoms with E-state index in [1.807, 2.05) is 0 Å². The van der Waals surface area contributed by atoms with Crippen LogP contribution in [0.2, 0.25) is 0 Å². The number of hydrogen-bond acceptors (Lipinski definition) is 1. The molecule has 0 atom stereocenters. The van der Waals surface area contributed by atoms with E-state index in [0.29, 0.717) is 0 Å². The lowest BCUT2D eigenvalue weighted by molar-refractivity contribution is 1.29. The zero-order chi connectivity index (χ0) is 29.7. The predicted molar refractivity (Wildman–Crippen MR) is 194 cm³/mol. The molecule has 0 N–H and O–H groups in total. The van der Waals surface area contributed by atoms with Gasteiger partial charge in [0.1, 0.15) is 0 Å². The van der Waals surface area contributed by atoms with E-state index >= 15 is 0 Å². The lowest BCUT2D eigenvalue weighted by Gasteiger charge is -2.27. The minimum atomic E-state index is 1.12. The van der Waals surface area contributed by atoms with E-state index in [0.717, 1.165) is 17.1 Å². The van der Waals surface area contributed by atoms with E-state index in [2.05, 4.69) is 181 Å². The molecule has 0 saturated carbocycles. The highest BCUT2D eigenvalue weighted by molar-refractivity contribution is 6.18. The van der Waals surface area contributed by atoms with Crippen LogP contribution in [0.4, 0.5) is 17.1 Å². The van der Waals surface area contributed by atoms with Crippen LogP contribution in [0.3, 0.4) is 0 Å². The maximum atomic E-state index is 2.39. The van der Waals surface area contributed by atoms with Gasteiger partial charge in [0.15, 0.2) is 0 Å². The molecule has 45 heavy (non-hydrogen) atoms. The van der Waals surface area contributed by atoms with Gasteiger partial charge in [-0.15, -0.1) is 0 Å². The number of hydrogen-bond donors (Lipinski definition) is 0. The number of benzene rings is 9. The van der Waals surface area contributed by atoms with Crippen molar-refractivity contribution >= 4 is 70.9 Å². The van der Waals surface area contributed by atoms with Crippen molar-refractivity contribution < 1.29 is 0 Å². The summed E-state index contributed by atoms with van der Waals surface area (Å²) < 4.78 is 0. The molecule has 1 heteroatoms. The summed E-state index contributed by atoms with van der Waals surface area (Å²) >= 11 is 0. The second kappa shape index (κ2) is 10.4. The van der Waals surface area contributed by atoms with Crippen LogP contribution in [-0.2, 0) is 0 Å². The van der Waals surface area contributed by atoms with Gasteiger partial charge in [0.25, 0.3) is 0 Å². The van der Waals surface area contributed by atoms with Crippen molar-refractivity contribution in [2.45, 2.75) is 0 Å². The van der Waals surface area contributed by atoms with Gasteiger partial charge in [-0.2, -0.15) is 0 Å². The maximum Gasteiger partial charge on any atom is 0.0468 e. The normalized spacial score (nSPS) is 11.6. The largest absolute Gasteiger partial charge is 0.310 e. The standard InChI is InChI=1S/C44H29N/c1-2-8-30(9-3-1)31-16-21-36(22-17-31)45(37-24-27-41-35(28-37)15-14-32-10-4-6-12-39(32)41)38-23-18-34-20-25-42-40-13-7-5-11-33(40)19-26-43(42)44(34)29-38/h1-29H. The number of rotatable bonds is 4. The Hall–Kier alpha value is -5.92. The highest BCUT2D eigenvalue weighted by Gasteiger charge is 2.16. The summed E-state index contributed by atoms with van der Waals surface area (Å²) in [6.45, 7) is 0. The van der Waals surface area contributed by atoms with E-state index in [9.17, 15) is 0 Å². The van der Waals surface area contributed by atoms with Crippen molar-refractivity contribution in [3.8, 4) is 11.1 Å². The van der Waals surface area contributed by atoms with Gasteiger partial charge in [0, 0.05) is 17.1 Å². The fourth-order valence-electron chi connectivity index (χ4n) is 6.97. The molecule has 0 amide bonds. The summed E-state index contributed by atoms with van der Waals surface area (Å²) in [5.74, 6) is 0. The Morgan fingerprint density at radius 2 is 0.689 bits per heavy atom. The summed E-state index contributed by atoms with van der Waals surface area (Å²) in [5.41, 5.74) is 5.82. The Morgan fingerprint density at radius 3 is 1.44 bits per heavy atom. The van der Waals surface area contributed by atoms with E-state index in [1.165, 1.54) is 65.0 Å². The van der Waals surface area contributed by atoms with Crippen LogP contribution in [0.25, 0.3) is 65.0 Å². The molecule has 0 aliphatic rings. The highest BCUT2D eigenvalue weighted by Crippen LogP contribution is 2.41. The third-order valence-electron chi connectivity index (χ3n) is 9.20. The van der Waals surface area contributed by atoms with Crippen molar-refractivity contribution in [1.29, 1.82) is 0 Å². The average molecular weight is 572 g/mol. The highest BCUT2D eigenvalue weighted by atomic mass is 15.1. The van der Waals surface area contributed by atoms with Crippen LogP contribution in [0.15, 0.2) is 176 Å². The predicted octanol–water partition coefficient (Wildman–Crippen LogP) is 12.6. The molecule has 9 rings (SSSR count). The maximum absolute atomic E-state index is 2.39. The Bertz CT molecular complexity index is 2530. The van der Waals surface area contributed by atoms with Crippen LogP contribution in [-0.4, -0.2) is 0 Å². The Labute approximate surface area is 262 Å². The van der Waals surface area contributed by atoms with Crippen LogP contribution >= 0.6 is 0 Å². The van der Waals surface area contributed by atoms with E-state index in [1.54, 1.807) is 0 Å². The summed E-state index contributed by atoms with van der Waals surface area (Å²) in [6.07, 6.45) is 0. The minimum absolute atomic E-state index is 1.12. The number of nitrogens with zero attached hydrogens (tertiary/aromatic N) is 1. The minimum Gasteiger partial charge on any atom is -0.310 e. The van der Waals surface area contributed by atoms with Gasteiger partial charge in [-0.05, 0) is 101 Å². The van der Waals surface area contributed by atoms with Crippen molar-refractivity contribution in [3.05, 3.63) is 176 Å². The topological polar surface area (TPSA) is 3.24 Å². The molecule has 0 aromatic heterocycles. The summed E-state index contributed by atoms with van der Waals surface area (Å²) in [7, 11) is 0. The summed E-state index contributed by atoms with van der Waals surface area (Å²) in [6, 6.07) is 64.1. The smallest absolute Gasteiger partial charge is 0.0468 e. The van der Waals surface area contributed by atoms with Crippen molar-refractivity contribution in [2.24, 2.45) is 0 Å². The zero-order valence-corrected chi connectivity index (χ0v) is 24.7. The molecule has 9 aromatic carbocycles. The quantitative estimate of drug-likeness (QED) is 0.190. The summed E-state index contributed by atoms with van der Waals surface area (Å²) in [4.78, 5) is 2.39. The van der Waals surface area contributed by atoms with Gasteiger partial charge in [0.05, 0.1) is 0 Å². The molecule has 9 aromatic rings. The third kappa shape index (κ3) is 4.32. The van der Waals surface area contributed by atoms with Crippen molar-refractivity contribution in [2.75, 3.05) is 4.90 Å². The van der Waals surface area contributed by atoms with Gasteiger partial charge in [-0.1, -0.05) is 140 Å². The Kier molecular flexibility index (Phi) is 5.89. The second-order valence-electron chi connectivity index (χ2n) is 11.8. The van der Waals surface area contributed by atoms with Crippen molar-refractivity contribution in [3.63, 3.8) is 0 Å². The van der Waals surface area contributed by atoms with E-state index < -0.39 is 0 Å². The van der Waals surface area contributed by atoms with Crippen molar-refractivity contribution in [1.82, 2.24) is 0 Å². The average Bonchev–Trinajstić information content (AvgIpc) is 3.12. The molecule has 0 aliphatic heterocycles. The lowest BCUT2D eigenvalue weighted by atomic mass is 9.96. The molecule has 0 radical (unpaired) electrons. The van der Waals surface area contributed by atoms with Crippen LogP contribution in [0.1, 0.15) is 0 Å². The first-order chi connectivity index (χ1) is 22.3. The first-order valence-corrected chi connectivity index (χ1v) is 15.5. The third-order valence-corrected chi connectivity index (χ3v) is 9.20.